The quantitative estimate of drug-likeness (QED) is 0.247. The van der Waals surface area contributed by atoms with Crippen molar-refractivity contribution in [1.82, 2.24) is 33.9 Å². The Balaban J connectivity index is 0.974. The summed E-state index contributed by atoms with van der Waals surface area (Å²) in [6.45, 7) is 5.55. The van der Waals surface area contributed by atoms with Gasteiger partial charge in [-0.15, -0.1) is 11.3 Å². The Morgan fingerprint density at radius 1 is 0.942 bits per heavy atom. The number of aromatic nitrogens is 5. The number of hydrogen-bond acceptors (Lipinski definition) is 8. The van der Waals surface area contributed by atoms with Crippen molar-refractivity contribution in [3.63, 3.8) is 0 Å². The fourth-order valence-corrected chi connectivity index (χ4v) is 8.98. The van der Waals surface area contributed by atoms with Gasteiger partial charge in [-0.2, -0.15) is 0 Å². The summed E-state index contributed by atoms with van der Waals surface area (Å²) in [5.41, 5.74) is 3.72. The zero-order valence-corrected chi connectivity index (χ0v) is 30.3. The predicted molar refractivity (Wildman–Crippen MR) is 201 cm³/mol. The van der Waals surface area contributed by atoms with Crippen LogP contribution in [0.4, 0.5) is 0 Å². The summed E-state index contributed by atoms with van der Waals surface area (Å²) >= 11 is 1.38. The van der Waals surface area contributed by atoms with Gasteiger partial charge in [0.25, 0.3) is 11.5 Å². The van der Waals surface area contributed by atoms with E-state index >= 15 is 0 Å². The zero-order valence-electron chi connectivity index (χ0n) is 29.5. The number of rotatable bonds is 6. The van der Waals surface area contributed by atoms with Crippen molar-refractivity contribution in [2.75, 3.05) is 26.2 Å². The molecule has 8 rings (SSSR count). The predicted octanol–water partition coefficient (Wildman–Crippen LogP) is 5.32. The maximum atomic E-state index is 14.3. The molecule has 266 valence electrons. The molecule has 0 bridgehead atoms. The maximum Gasteiger partial charge on any atom is 0.265 e. The Hall–Kier alpha value is -5.20. The fraction of sp³-hybridized carbons (Fsp3) is 0.350. The number of para-hydroxylation sites is 1. The molecule has 2 aliphatic rings. The van der Waals surface area contributed by atoms with Gasteiger partial charge in [0.15, 0.2) is 0 Å². The van der Waals surface area contributed by atoms with Crippen LogP contribution in [-0.2, 0) is 18.4 Å². The molecule has 1 N–H and O–H groups in total. The third kappa shape index (κ3) is 6.09. The lowest BCUT2D eigenvalue weighted by molar-refractivity contribution is -0.142. The van der Waals surface area contributed by atoms with E-state index < -0.39 is 5.60 Å². The molecule has 0 saturated carbocycles. The lowest BCUT2D eigenvalue weighted by Gasteiger charge is -2.43. The van der Waals surface area contributed by atoms with Crippen molar-refractivity contribution in [3.05, 3.63) is 111 Å². The van der Waals surface area contributed by atoms with Crippen LogP contribution in [0, 0.1) is 19.8 Å². The number of aryl methyl sites for hydroxylation is 3. The third-order valence-corrected chi connectivity index (χ3v) is 12.1. The van der Waals surface area contributed by atoms with Crippen LogP contribution in [0.2, 0.25) is 0 Å². The fourth-order valence-electron chi connectivity index (χ4n) is 7.95. The monoisotopic (exact) mass is 715 g/mol. The summed E-state index contributed by atoms with van der Waals surface area (Å²) in [6.07, 6.45) is 4.52. The third-order valence-electron chi connectivity index (χ3n) is 10.9. The number of likely N-dealkylation sites (tertiary alicyclic amines) is 2. The van der Waals surface area contributed by atoms with Crippen LogP contribution >= 0.6 is 11.3 Å². The van der Waals surface area contributed by atoms with Crippen LogP contribution < -0.4 is 5.56 Å². The highest BCUT2D eigenvalue weighted by Crippen LogP contribution is 2.37. The Morgan fingerprint density at radius 2 is 1.69 bits per heavy atom. The van der Waals surface area contributed by atoms with Gasteiger partial charge in [0.1, 0.15) is 21.9 Å². The van der Waals surface area contributed by atoms with Gasteiger partial charge in [-0.05, 0) is 56.9 Å². The summed E-state index contributed by atoms with van der Waals surface area (Å²) in [5.74, 6) is -0.516. The minimum Gasteiger partial charge on any atom is -0.388 e. The highest BCUT2D eigenvalue weighted by atomic mass is 32.1. The Kier molecular flexibility index (Phi) is 8.75. The summed E-state index contributed by atoms with van der Waals surface area (Å²) in [6, 6.07) is 21.6. The van der Waals surface area contributed by atoms with Crippen molar-refractivity contribution in [2.24, 2.45) is 13.0 Å². The SMILES string of the molecule is Cc1ccc(-c2nc(C)c(C(=O)N3CC[C@@H](C(=O)N4CCC(O)(Cn5cnc6c(c5=O)c5ccccc5n6C)CC4)[C@H](c4ccccc4)C3)s2)cn1. The second-order valence-electron chi connectivity index (χ2n) is 14.3. The summed E-state index contributed by atoms with van der Waals surface area (Å²) in [4.78, 5) is 60.0. The number of carbonyl (C=O) groups excluding carboxylic acids is 2. The van der Waals surface area contributed by atoms with Crippen molar-refractivity contribution in [1.29, 1.82) is 0 Å². The number of amides is 2. The highest BCUT2D eigenvalue weighted by Gasteiger charge is 2.42. The van der Waals surface area contributed by atoms with Gasteiger partial charge < -0.3 is 19.5 Å². The molecule has 11 nitrogen and oxygen atoms in total. The Labute approximate surface area is 305 Å². The Bertz CT molecular complexity index is 2360. The second kappa shape index (κ2) is 13.4. The number of aliphatic hydroxyl groups is 1. The van der Waals surface area contributed by atoms with E-state index in [-0.39, 0.29) is 35.8 Å². The van der Waals surface area contributed by atoms with E-state index in [9.17, 15) is 19.5 Å². The molecule has 6 heterocycles. The van der Waals surface area contributed by atoms with Crippen molar-refractivity contribution >= 4 is 45.1 Å². The van der Waals surface area contributed by atoms with Crippen LogP contribution in [-0.4, -0.2) is 82.6 Å². The van der Waals surface area contributed by atoms with Gasteiger partial charge in [-0.3, -0.25) is 23.9 Å². The number of nitrogens with zero attached hydrogens (tertiary/aromatic N) is 7. The van der Waals surface area contributed by atoms with Crippen molar-refractivity contribution < 1.29 is 14.7 Å². The van der Waals surface area contributed by atoms with Crippen LogP contribution in [0.3, 0.4) is 0 Å². The topological polar surface area (TPSA) is 126 Å². The second-order valence-corrected chi connectivity index (χ2v) is 15.3. The van der Waals surface area contributed by atoms with Crippen LogP contribution in [0.5, 0.6) is 0 Å². The first kappa shape index (κ1) is 33.9. The molecule has 0 unspecified atom stereocenters. The maximum absolute atomic E-state index is 14.3. The van der Waals surface area contributed by atoms with E-state index in [4.69, 9.17) is 4.98 Å². The smallest absolute Gasteiger partial charge is 0.265 e. The molecular formula is C40H41N7O4S. The lowest BCUT2D eigenvalue weighted by atomic mass is 9.79. The number of piperidine rings is 2. The van der Waals surface area contributed by atoms with E-state index in [1.54, 1.807) is 6.20 Å². The molecule has 12 heteroatoms. The van der Waals surface area contributed by atoms with E-state index in [2.05, 4.69) is 9.97 Å². The molecule has 0 radical (unpaired) electrons. The van der Waals surface area contributed by atoms with Crippen LogP contribution in [0.1, 0.15) is 51.8 Å². The van der Waals surface area contributed by atoms with E-state index in [1.165, 1.54) is 22.2 Å². The first-order valence-corrected chi connectivity index (χ1v) is 18.6. The molecule has 2 aliphatic heterocycles. The van der Waals surface area contributed by atoms with E-state index in [1.807, 2.05) is 102 Å². The molecule has 4 aromatic heterocycles. The van der Waals surface area contributed by atoms with Gasteiger partial charge in [-0.1, -0.05) is 48.5 Å². The molecule has 2 fully saturated rings. The molecule has 0 spiro atoms. The van der Waals surface area contributed by atoms with E-state index in [0.29, 0.717) is 67.0 Å². The number of fused-ring (bicyclic) bond motifs is 3. The van der Waals surface area contributed by atoms with Gasteiger partial charge in [0.2, 0.25) is 5.91 Å². The molecule has 2 amide bonds. The number of carbonyl (C=O) groups is 2. The Morgan fingerprint density at radius 3 is 2.44 bits per heavy atom. The first-order chi connectivity index (χ1) is 25.1. The van der Waals surface area contributed by atoms with Gasteiger partial charge >= 0.3 is 0 Å². The minimum absolute atomic E-state index is 0.0436. The molecule has 2 saturated heterocycles. The van der Waals surface area contributed by atoms with Gasteiger partial charge in [0.05, 0.1) is 28.7 Å². The summed E-state index contributed by atoms with van der Waals surface area (Å²) in [5, 5.41) is 13.9. The van der Waals surface area contributed by atoms with Crippen LogP contribution in [0.25, 0.3) is 32.5 Å². The van der Waals surface area contributed by atoms with E-state index in [0.717, 1.165) is 32.7 Å². The zero-order chi connectivity index (χ0) is 36.1. The molecular weight excluding hydrogens is 675 g/mol. The number of thiazole rings is 1. The number of benzene rings is 2. The summed E-state index contributed by atoms with van der Waals surface area (Å²) < 4.78 is 3.43. The molecule has 2 aromatic carbocycles. The van der Waals surface area contributed by atoms with Gasteiger partial charge in [-0.25, -0.2) is 9.97 Å². The standard InChI is InChI=1S/C40H41N7O4S/c1-25-13-14-28(21-41-25)36-43-26(2)34(52-36)39(50)46-18-15-29(31(22-46)27-9-5-4-6-10-27)37(48)45-19-16-40(51,17-20-45)23-47-24-42-35-33(38(47)49)30-11-7-8-12-32(30)44(35)3/h4-14,21,24,29,31,51H,15-20,22-23H2,1-3H3/t29-,31+/m1/s1. The molecule has 0 aliphatic carbocycles. The minimum atomic E-state index is -1.16. The average molecular weight is 716 g/mol. The van der Waals surface area contributed by atoms with Gasteiger partial charge in [0, 0.05) is 67.9 Å². The number of pyridine rings is 1. The largest absolute Gasteiger partial charge is 0.388 e. The summed E-state index contributed by atoms with van der Waals surface area (Å²) in [7, 11) is 1.90. The number of hydrogen-bond donors (Lipinski definition) is 1. The normalized spacial score (nSPS) is 19.0. The molecule has 52 heavy (non-hydrogen) atoms. The lowest BCUT2D eigenvalue weighted by Crippen LogP contribution is -2.53. The van der Waals surface area contributed by atoms with Crippen molar-refractivity contribution in [2.45, 2.75) is 51.2 Å². The molecule has 2 atom stereocenters. The van der Waals surface area contributed by atoms with Crippen LogP contribution in [0.15, 0.2) is 84.0 Å². The van der Waals surface area contributed by atoms with Crippen molar-refractivity contribution in [3.8, 4) is 10.6 Å². The molecule has 6 aromatic rings. The first-order valence-electron chi connectivity index (χ1n) is 17.8. The average Bonchev–Trinajstić information content (AvgIpc) is 3.70. The highest BCUT2D eigenvalue weighted by molar-refractivity contribution is 7.17.